The second kappa shape index (κ2) is 7.80. The van der Waals surface area contributed by atoms with Crippen LogP contribution in [-0.4, -0.2) is 25.7 Å². The van der Waals surface area contributed by atoms with Gasteiger partial charge in [-0.15, -0.1) is 0 Å². The standard InChI is InChI=1S/C20H17N3O5S/c1-26-17-9-7-16(8-10-17)23(29(24,25)18-5-3-2-4-6-18)13-19-21-20(22-28-19)15-11-12-27-14-15/h2-12,14H,13H2,1H3. The summed E-state index contributed by atoms with van der Waals surface area (Å²) >= 11 is 0. The van der Waals surface area contributed by atoms with Crippen molar-refractivity contribution < 1.29 is 22.1 Å². The molecule has 0 spiro atoms. The lowest BCUT2D eigenvalue weighted by Crippen LogP contribution is -2.30. The van der Waals surface area contributed by atoms with E-state index in [0.717, 1.165) is 0 Å². The molecule has 0 unspecified atom stereocenters. The molecule has 29 heavy (non-hydrogen) atoms. The van der Waals surface area contributed by atoms with Crippen molar-refractivity contribution in [1.82, 2.24) is 10.1 Å². The van der Waals surface area contributed by atoms with Gasteiger partial charge in [0, 0.05) is 0 Å². The average molecular weight is 411 g/mol. The van der Waals surface area contributed by atoms with Crippen LogP contribution in [0, 0.1) is 0 Å². The van der Waals surface area contributed by atoms with Gasteiger partial charge in [0.25, 0.3) is 10.0 Å². The second-order valence-corrected chi connectivity index (χ2v) is 7.91. The van der Waals surface area contributed by atoms with Crippen molar-refractivity contribution in [3.8, 4) is 17.1 Å². The first-order valence-corrected chi connectivity index (χ1v) is 10.1. The summed E-state index contributed by atoms with van der Waals surface area (Å²) in [5.74, 6) is 1.09. The fourth-order valence-electron chi connectivity index (χ4n) is 2.73. The lowest BCUT2D eigenvalue weighted by molar-refractivity contribution is 0.380. The Morgan fingerprint density at radius 2 is 1.79 bits per heavy atom. The molecule has 0 aliphatic carbocycles. The maximum Gasteiger partial charge on any atom is 0.264 e. The lowest BCUT2D eigenvalue weighted by atomic mass is 10.3. The van der Waals surface area contributed by atoms with Crippen molar-refractivity contribution in [3.63, 3.8) is 0 Å². The summed E-state index contributed by atoms with van der Waals surface area (Å²) in [6.07, 6.45) is 2.98. The number of benzene rings is 2. The summed E-state index contributed by atoms with van der Waals surface area (Å²) in [5, 5.41) is 3.90. The number of aromatic nitrogens is 2. The van der Waals surface area contributed by atoms with Crippen molar-refractivity contribution in [2.45, 2.75) is 11.4 Å². The predicted molar refractivity (Wildman–Crippen MR) is 105 cm³/mol. The van der Waals surface area contributed by atoms with Crippen LogP contribution >= 0.6 is 0 Å². The minimum Gasteiger partial charge on any atom is -0.497 e. The van der Waals surface area contributed by atoms with E-state index >= 15 is 0 Å². The maximum atomic E-state index is 13.3. The highest BCUT2D eigenvalue weighted by Gasteiger charge is 2.27. The van der Waals surface area contributed by atoms with Gasteiger partial charge in [0.2, 0.25) is 11.7 Å². The molecule has 8 nitrogen and oxygen atoms in total. The number of ether oxygens (including phenoxy) is 1. The number of sulfonamides is 1. The number of nitrogens with zero attached hydrogens (tertiary/aromatic N) is 3. The fourth-order valence-corrected chi connectivity index (χ4v) is 4.17. The van der Waals surface area contributed by atoms with Crippen LogP contribution in [0.4, 0.5) is 5.69 Å². The maximum absolute atomic E-state index is 13.3. The van der Waals surface area contributed by atoms with Crippen LogP contribution in [0.15, 0.2) is 87.0 Å². The van der Waals surface area contributed by atoms with E-state index < -0.39 is 10.0 Å². The van der Waals surface area contributed by atoms with Crippen molar-refractivity contribution >= 4 is 15.7 Å². The topological polar surface area (TPSA) is 98.7 Å². The normalized spacial score (nSPS) is 11.3. The average Bonchev–Trinajstić information content (AvgIpc) is 3.44. The second-order valence-electron chi connectivity index (χ2n) is 6.05. The van der Waals surface area contributed by atoms with Gasteiger partial charge in [-0.2, -0.15) is 4.98 Å². The first-order chi connectivity index (χ1) is 14.1. The van der Waals surface area contributed by atoms with Crippen LogP contribution in [0.2, 0.25) is 0 Å². The molecule has 0 fully saturated rings. The summed E-state index contributed by atoms with van der Waals surface area (Å²) in [4.78, 5) is 4.45. The SMILES string of the molecule is COc1ccc(N(Cc2nc(-c3ccoc3)no2)S(=O)(=O)c2ccccc2)cc1. The molecule has 0 radical (unpaired) electrons. The smallest absolute Gasteiger partial charge is 0.264 e. The monoisotopic (exact) mass is 411 g/mol. The molecule has 2 aromatic carbocycles. The Labute approximate surface area is 167 Å². The zero-order valence-electron chi connectivity index (χ0n) is 15.4. The first kappa shape index (κ1) is 18.8. The molecule has 148 valence electrons. The van der Waals surface area contributed by atoms with Crippen LogP contribution in [0.3, 0.4) is 0 Å². The first-order valence-electron chi connectivity index (χ1n) is 8.65. The summed E-state index contributed by atoms with van der Waals surface area (Å²) in [6.45, 7) is -0.131. The molecule has 2 aromatic heterocycles. The van der Waals surface area contributed by atoms with Gasteiger partial charge in [-0.3, -0.25) is 4.31 Å². The van der Waals surface area contributed by atoms with E-state index in [2.05, 4.69) is 10.1 Å². The number of hydrogen-bond acceptors (Lipinski definition) is 7. The molecule has 0 saturated heterocycles. The van der Waals surface area contributed by atoms with E-state index in [-0.39, 0.29) is 17.3 Å². The molecule has 2 heterocycles. The highest BCUT2D eigenvalue weighted by molar-refractivity contribution is 7.92. The van der Waals surface area contributed by atoms with E-state index in [1.165, 1.54) is 29.0 Å². The van der Waals surface area contributed by atoms with Gasteiger partial charge < -0.3 is 13.7 Å². The quantitative estimate of drug-likeness (QED) is 0.457. The number of rotatable bonds is 7. The number of methoxy groups -OCH3 is 1. The molecule has 4 rings (SSSR count). The van der Waals surface area contributed by atoms with Gasteiger partial charge in [0.15, 0.2) is 0 Å². The highest BCUT2D eigenvalue weighted by atomic mass is 32.2. The molecule has 9 heteroatoms. The van der Waals surface area contributed by atoms with Crippen LogP contribution < -0.4 is 9.04 Å². The molecule has 4 aromatic rings. The Hall–Kier alpha value is -3.59. The zero-order chi connectivity index (χ0) is 20.3. The van der Waals surface area contributed by atoms with E-state index in [1.807, 2.05) is 0 Å². The van der Waals surface area contributed by atoms with Gasteiger partial charge in [0.1, 0.15) is 18.6 Å². The van der Waals surface area contributed by atoms with Gasteiger partial charge >= 0.3 is 0 Å². The van der Waals surface area contributed by atoms with E-state index in [0.29, 0.717) is 22.8 Å². The van der Waals surface area contributed by atoms with Crippen LogP contribution in [0.5, 0.6) is 5.75 Å². The zero-order valence-corrected chi connectivity index (χ0v) is 16.2. The molecule has 0 bridgehead atoms. The summed E-state index contributed by atoms with van der Waals surface area (Å²) < 4.78 is 43.3. The number of hydrogen-bond donors (Lipinski definition) is 0. The highest BCUT2D eigenvalue weighted by Crippen LogP contribution is 2.28. The fraction of sp³-hybridized carbons (Fsp3) is 0.100. The molecular formula is C20H17N3O5S. The van der Waals surface area contributed by atoms with Crippen molar-refractivity contribution in [2.75, 3.05) is 11.4 Å². The van der Waals surface area contributed by atoms with E-state index in [4.69, 9.17) is 13.7 Å². The number of anilines is 1. The van der Waals surface area contributed by atoms with E-state index in [9.17, 15) is 8.42 Å². The molecule has 0 saturated carbocycles. The summed E-state index contributed by atoms with van der Waals surface area (Å²) in [6, 6.07) is 16.6. The van der Waals surface area contributed by atoms with Crippen molar-refractivity contribution in [3.05, 3.63) is 79.1 Å². The number of furan rings is 1. The molecule has 0 N–H and O–H groups in total. The molecule has 0 aliphatic heterocycles. The van der Waals surface area contributed by atoms with Gasteiger partial charge in [0.05, 0.1) is 29.5 Å². The third-order valence-electron chi connectivity index (χ3n) is 4.22. The Bertz CT molecular complexity index is 1170. The van der Waals surface area contributed by atoms with Crippen molar-refractivity contribution in [1.29, 1.82) is 0 Å². The van der Waals surface area contributed by atoms with Gasteiger partial charge in [-0.1, -0.05) is 23.4 Å². The summed E-state index contributed by atoms with van der Waals surface area (Å²) in [5.41, 5.74) is 1.08. The van der Waals surface area contributed by atoms with Crippen LogP contribution in [-0.2, 0) is 16.6 Å². The molecule has 0 atom stereocenters. The Morgan fingerprint density at radius 1 is 1.03 bits per heavy atom. The van der Waals surface area contributed by atoms with Crippen LogP contribution in [0.25, 0.3) is 11.4 Å². The molecule has 0 aliphatic rings. The van der Waals surface area contributed by atoms with Gasteiger partial charge in [-0.05, 0) is 42.5 Å². The van der Waals surface area contributed by atoms with Crippen molar-refractivity contribution in [2.24, 2.45) is 0 Å². The predicted octanol–water partition coefficient (Wildman–Crippen LogP) is 3.73. The summed E-state index contributed by atoms with van der Waals surface area (Å²) in [7, 11) is -2.33. The molecule has 0 amide bonds. The largest absolute Gasteiger partial charge is 0.497 e. The lowest BCUT2D eigenvalue weighted by Gasteiger charge is -2.23. The minimum absolute atomic E-state index is 0.131. The Balaban J connectivity index is 1.72. The van der Waals surface area contributed by atoms with Gasteiger partial charge in [-0.25, -0.2) is 8.42 Å². The van der Waals surface area contributed by atoms with Crippen LogP contribution in [0.1, 0.15) is 5.89 Å². The Morgan fingerprint density at radius 3 is 2.45 bits per heavy atom. The van der Waals surface area contributed by atoms with E-state index in [1.54, 1.807) is 55.6 Å². The third-order valence-corrected chi connectivity index (χ3v) is 6.01. The third kappa shape index (κ3) is 3.85. The Kier molecular flexibility index (Phi) is 5.05. The molecular weight excluding hydrogens is 394 g/mol. The minimum atomic E-state index is -3.87.